The molecule has 4 rings (SSSR count). The SMILES string of the molecule is COc1ccc2c(c1)C(=O)N(c1ccc3occc3c1)C2. The van der Waals surface area contributed by atoms with E-state index in [-0.39, 0.29) is 5.91 Å². The zero-order valence-corrected chi connectivity index (χ0v) is 11.5. The maximum Gasteiger partial charge on any atom is 0.259 e. The predicted molar refractivity (Wildman–Crippen MR) is 79.7 cm³/mol. The Morgan fingerprint density at radius 3 is 2.90 bits per heavy atom. The van der Waals surface area contributed by atoms with Crippen molar-refractivity contribution < 1.29 is 13.9 Å². The number of anilines is 1. The van der Waals surface area contributed by atoms with Gasteiger partial charge in [-0.05, 0) is 42.0 Å². The summed E-state index contributed by atoms with van der Waals surface area (Å²) in [6.07, 6.45) is 1.65. The molecular weight excluding hydrogens is 266 g/mol. The van der Waals surface area contributed by atoms with Crippen molar-refractivity contribution >= 4 is 22.6 Å². The summed E-state index contributed by atoms with van der Waals surface area (Å²) in [5, 5.41) is 0.994. The number of furan rings is 1. The maximum absolute atomic E-state index is 12.6. The van der Waals surface area contributed by atoms with Gasteiger partial charge in [0.1, 0.15) is 11.3 Å². The average molecular weight is 279 g/mol. The highest BCUT2D eigenvalue weighted by molar-refractivity contribution is 6.10. The topological polar surface area (TPSA) is 42.7 Å². The Hall–Kier alpha value is -2.75. The van der Waals surface area contributed by atoms with E-state index in [9.17, 15) is 4.79 Å². The molecular formula is C17H13NO3. The lowest BCUT2D eigenvalue weighted by Gasteiger charge is -2.15. The highest BCUT2D eigenvalue weighted by Gasteiger charge is 2.29. The predicted octanol–water partition coefficient (Wildman–Crippen LogP) is 3.60. The van der Waals surface area contributed by atoms with Crippen molar-refractivity contribution in [2.24, 2.45) is 0 Å². The summed E-state index contributed by atoms with van der Waals surface area (Å²) in [4.78, 5) is 14.4. The minimum atomic E-state index is 0.00625. The van der Waals surface area contributed by atoms with Gasteiger partial charge in [0.2, 0.25) is 0 Å². The lowest BCUT2D eigenvalue weighted by atomic mass is 10.1. The Labute approximate surface area is 121 Å². The lowest BCUT2D eigenvalue weighted by Crippen LogP contribution is -2.22. The summed E-state index contributed by atoms with van der Waals surface area (Å²) in [6.45, 7) is 0.585. The third-order valence-electron chi connectivity index (χ3n) is 3.87. The van der Waals surface area contributed by atoms with Gasteiger partial charge in [-0.2, -0.15) is 0 Å². The van der Waals surface area contributed by atoms with Crippen LogP contribution in [0.15, 0.2) is 53.1 Å². The number of rotatable bonds is 2. The fraction of sp³-hybridized carbons (Fsp3) is 0.118. The van der Waals surface area contributed by atoms with E-state index >= 15 is 0 Å². The molecule has 1 aliphatic heterocycles. The van der Waals surface area contributed by atoms with Gasteiger partial charge in [-0.3, -0.25) is 4.79 Å². The molecule has 2 heterocycles. The average Bonchev–Trinajstić information content (AvgIpc) is 3.11. The molecule has 0 saturated carbocycles. The van der Waals surface area contributed by atoms with Gasteiger partial charge in [0.25, 0.3) is 5.91 Å². The minimum Gasteiger partial charge on any atom is -0.497 e. The number of nitrogens with zero attached hydrogens (tertiary/aromatic N) is 1. The van der Waals surface area contributed by atoms with Crippen LogP contribution in [0.3, 0.4) is 0 Å². The summed E-state index contributed by atoms with van der Waals surface area (Å²) in [5.41, 5.74) is 3.43. The molecule has 1 aliphatic rings. The van der Waals surface area contributed by atoms with Crippen LogP contribution < -0.4 is 9.64 Å². The second-order valence-electron chi connectivity index (χ2n) is 5.06. The third-order valence-corrected chi connectivity index (χ3v) is 3.87. The zero-order valence-electron chi connectivity index (χ0n) is 11.5. The first kappa shape index (κ1) is 12.0. The molecule has 4 nitrogen and oxygen atoms in total. The molecule has 21 heavy (non-hydrogen) atoms. The summed E-state index contributed by atoms with van der Waals surface area (Å²) < 4.78 is 10.5. The van der Waals surface area contributed by atoms with Gasteiger partial charge in [-0.1, -0.05) is 6.07 Å². The van der Waals surface area contributed by atoms with Gasteiger partial charge in [-0.25, -0.2) is 0 Å². The van der Waals surface area contributed by atoms with Crippen LogP contribution in [0.5, 0.6) is 5.75 Å². The highest BCUT2D eigenvalue weighted by Crippen LogP contribution is 2.32. The van der Waals surface area contributed by atoms with Crippen LogP contribution >= 0.6 is 0 Å². The van der Waals surface area contributed by atoms with Gasteiger partial charge >= 0.3 is 0 Å². The third kappa shape index (κ3) is 1.80. The normalized spacial score (nSPS) is 13.8. The molecule has 0 atom stereocenters. The molecule has 0 aliphatic carbocycles. The second-order valence-corrected chi connectivity index (χ2v) is 5.06. The number of amides is 1. The standard InChI is InChI=1S/C17H13NO3/c1-20-14-4-2-12-10-18(17(19)15(12)9-14)13-3-5-16-11(8-13)6-7-21-16/h2-9H,10H2,1H3. The van der Waals surface area contributed by atoms with E-state index in [1.165, 1.54) is 0 Å². The summed E-state index contributed by atoms with van der Waals surface area (Å²) in [6, 6.07) is 13.3. The van der Waals surface area contributed by atoms with Crippen LogP contribution in [0.25, 0.3) is 11.0 Å². The van der Waals surface area contributed by atoms with E-state index in [0.29, 0.717) is 17.9 Å². The smallest absolute Gasteiger partial charge is 0.259 e. The maximum atomic E-state index is 12.6. The van der Waals surface area contributed by atoms with E-state index < -0.39 is 0 Å². The van der Waals surface area contributed by atoms with Crippen LogP contribution in [-0.2, 0) is 6.54 Å². The molecule has 2 aromatic carbocycles. The highest BCUT2D eigenvalue weighted by atomic mass is 16.5. The Bertz CT molecular complexity index is 850. The number of ether oxygens (including phenoxy) is 1. The first-order valence-electron chi connectivity index (χ1n) is 6.72. The van der Waals surface area contributed by atoms with Crippen molar-refractivity contribution in [3.05, 3.63) is 59.9 Å². The quantitative estimate of drug-likeness (QED) is 0.719. The molecule has 4 heteroatoms. The fourth-order valence-electron chi connectivity index (χ4n) is 2.74. The van der Waals surface area contributed by atoms with E-state index in [1.807, 2.05) is 36.4 Å². The van der Waals surface area contributed by atoms with Crippen LogP contribution in [0.2, 0.25) is 0 Å². The van der Waals surface area contributed by atoms with Crippen molar-refractivity contribution in [2.75, 3.05) is 12.0 Å². The van der Waals surface area contributed by atoms with E-state index in [2.05, 4.69) is 0 Å². The number of benzene rings is 2. The monoisotopic (exact) mass is 279 g/mol. The Morgan fingerprint density at radius 1 is 1.14 bits per heavy atom. The van der Waals surface area contributed by atoms with Crippen LogP contribution in [0, 0.1) is 0 Å². The second kappa shape index (κ2) is 4.38. The molecule has 0 fully saturated rings. The molecule has 0 spiro atoms. The first-order valence-corrected chi connectivity index (χ1v) is 6.72. The molecule has 0 unspecified atom stereocenters. The molecule has 3 aromatic rings. The van der Waals surface area contributed by atoms with Crippen molar-refractivity contribution in [2.45, 2.75) is 6.54 Å². The van der Waals surface area contributed by atoms with Crippen LogP contribution in [0.4, 0.5) is 5.69 Å². The fourth-order valence-corrected chi connectivity index (χ4v) is 2.74. The molecule has 104 valence electrons. The number of hydrogen-bond acceptors (Lipinski definition) is 3. The van der Waals surface area contributed by atoms with Gasteiger partial charge in [0, 0.05) is 16.6 Å². The number of fused-ring (bicyclic) bond motifs is 2. The Kier molecular flexibility index (Phi) is 2.51. The molecule has 0 saturated heterocycles. The van der Waals surface area contributed by atoms with E-state index in [0.717, 1.165) is 22.2 Å². The number of carbonyl (C=O) groups excluding carboxylic acids is 1. The zero-order chi connectivity index (χ0) is 14.4. The Balaban J connectivity index is 1.75. The largest absolute Gasteiger partial charge is 0.497 e. The molecule has 0 radical (unpaired) electrons. The van der Waals surface area contributed by atoms with Crippen molar-refractivity contribution in [3.63, 3.8) is 0 Å². The number of carbonyl (C=O) groups is 1. The minimum absolute atomic E-state index is 0.00625. The van der Waals surface area contributed by atoms with Crippen molar-refractivity contribution in [3.8, 4) is 5.75 Å². The first-order chi connectivity index (χ1) is 10.3. The van der Waals surface area contributed by atoms with Crippen molar-refractivity contribution in [1.29, 1.82) is 0 Å². The van der Waals surface area contributed by atoms with Gasteiger partial charge < -0.3 is 14.1 Å². The number of methoxy groups -OCH3 is 1. The Morgan fingerprint density at radius 2 is 2.05 bits per heavy atom. The lowest BCUT2D eigenvalue weighted by molar-refractivity contribution is 0.0996. The van der Waals surface area contributed by atoms with Gasteiger partial charge in [-0.15, -0.1) is 0 Å². The molecule has 1 amide bonds. The molecule has 0 bridgehead atoms. The van der Waals surface area contributed by atoms with Crippen molar-refractivity contribution in [1.82, 2.24) is 0 Å². The van der Waals surface area contributed by atoms with E-state index in [1.54, 1.807) is 24.3 Å². The molecule has 1 aromatic heterocycles. The summed E-state index contributed by atoms with van der Waals surface area (Å²) in [5.74, 6) is 0.709. The van der Waals surface area contributed by atoms with Gasteiger partial charge in [0.05, 0.1) is 19.9 Å². The van der Waals surface area contributed by atoms with Crippen LogP contribution in [0.1, 0.15) is 15.9 Å². The van der Waals surface area contributed by atoms with Gasteiger partial charge in [0.15, 0.2) is 0 Å². The van der Waals surface area contributed by atoms with Crippen LogP contribution in [-0.4, -0.2) is 13.0 Å². The molecule has 0 N–H and O–H groups in total. The summed E-state index contributed by atoms with van der Waals surface area (Å²) >= 11 is 0. The number of hydrogen-bond donors (Lipinski definition) is 0. The van der Waals surface area contributed by atoms with E-state index in [4.69, 9.17) is 9.15 Å². The summed E-state index contributed by atoms with van der Waals surface area (Å²) in [7, 11) is 1.60.